The number of nitrogens with two attached hydrogens (primary N) is 1. The first kappa shape index (κ1) is 11.7. The largest absolute Gasteiger partial charge is 0.459 e. The second-order valence-electron chi connectivity index (χ2n) is 2.68. The summed E-state index contributed by atoms with van der Waals surface area (Å²) in [5.41, 5.74) is 1.99. The van der Waals surface area contributed by atoms with Crippen LogP contribution in [0.2, 0.25) is 0 Å². The Kier molecular flexibility index (Phi) is 3.58. The van der Waals surface area contributed by atoms with Crippen molar-refractivity contribution in [3.05, 3.63) is 15.8 Å². The van der Waals surface area contributed by atoms with Crippen LogP contribution < -0.4 is 16.0 Å². The molecule has 16 heavy (non-hydrogen) atoms. The molecule has 84 valence electrons. The van der Waals surface area contributed by atoms with Gasteiger partial charge in [0, 0.05) is 0 Å². The van der Waals surface area contributed by atoms with Gasteiger partial charge in [0.05, 0.1) is 4.92 Å². The smallest absolute Gasteiger partial charge is 0.352 e. The lowest BCUT2D eigenvalue weighted by Crippen LogP contribution is -2.13. The quantitative estimate of drug-likeness (QED) is 0.319. The van der Waals surface area contributed by atoms with Gasteiger partial charge in [0.25, 0.3) is 0 Å². The van der Waals surface area contributed by atoms with E-state index in [0.29, 0.717) is 0 Å². The number of hydrazine groups is 1. The summed E-state index contributed by atoms with van der Waals surface area (Å²) in [6.45, 7) is 1.32. The number of hydrogen-bond acceptors (Lipinski definition) is 7. The van der Waals surface area contributed by atoms with Crippen LogP contribution in [0, 0.1) is 29.4 Å². The van der Waals surface area contributed by atoms with Crippen molar-refractivity contribution in [2.24, 2.45) is 5.84 Å². The number of nitrogens with one attached hydrogen (secondary N) is 1. The molecule has 0 aliphatic rings. The Morgan fingerprint density at radius 3 is 2.88 bits per heavy atom. The van der Waals surface area contributed by atoms with E-state index in [0.717, 1.165) is 0 Å². The van der Waals surface area contributed by atoms with Crippen molar-refractivity contribution >= 4 is 11.6 Å². The van der Waals surface area contributed by atoms with Gasteiger partial charge in [-0.25, -0.2) is 10.8 Å². The van der Waals surface area contributed by atoms with Crippen LogP contribution in [0.5, 0.6) is 5.88 Å². The van der Waals surface area contributed by atoms with Gasteiger partial charge in [-0.15, -0.1) is 6.42 Å². The van der Waals surface area contributed by atoms with Crippen molar-refractivity contribution in [1.82, 2.24) is 9.97 Å². The molecule has 1 aromatic rings. The number of nitrogen functional groups attached to an aromatic ring is 1. The van der Waals surface area contributed by atoms with E-state index < -0.39 is 4.92 Å². The van der Waals surface area contributed by atoms with Gasteiger partial charge in [-0.3, -0.25) is 15.5 Å². The molecular formula is C8H9N5O3. The monoisotopic (exact) mass is 223 g/mol. The number of anilines is 1. The molecule has 0 fully saturated rings. The Bertz CT molecular complexity index is 454. The maximum atomic E-state index is 10.7. The first-order chi connectivity index (χ1) is 7.60. The highest BCUT2D eigenvalue weighted by molar-refractivity contribution is 5.48. The number of nitro groups is 1. The lowest BCUT2D eigenvalue weighted by Gasteiger charge is -2.06. The van der Waals surface area contributed by atoms with Crippen molar-refractivity contribution in [2.45, 2.75) is 6.92 Å². The van der Waals surface area contributed by atoms with Crippen LogP contribution in [-0.2, 0) is 0 Å². The lowest BCUT2D eigenvalue weighted by atomic mass is 10.3. The molecule has 0 bridgehead atoms. The van der Waals surface area contributed by atoms with E-state index in [9.17, 15) is 10.1 Å². The van der Waals surface area contributed by atoms with Gasteiger partial charge in [-0.05, 0) is 6.92 Å². The lowest BCUT2D eigenvalue weighted by molar-refractivity contribution is -0.387. The van der Waals surface area contributed by atoms with Gasteiger partial charge < -0.3 is 4.74 Å². The van der Waals surface area contributed by atoms with E-state index in [1.54, 1.807) is 0 Å². The Labute approximate surface area is 91.0 Å². The van der Waals surface area contributed by atoms with Crippen LogP contribution in [0.1, 0.15) is 5.69 Å². The minimum atomic E-state index is -0.637. The fraction of sp³-hybridized carbons (Fsp3) is 0.250. The molecule has 1 aromatic heterocycles. The van der Waals surface area contributed by atoms with E-state index >= 15 is 0 Å². The highest BCUT2D eigenvalue weighted by atomic mass is 16.6. The van der Waals surface area contributed by atoms with Gasteiger partial charge in [0.1, 0.15) is 5.69 Å². The standard InChI is InChI=1S/C8H9N5O3/c1-3-4-16-7-6(13(14)15)5(2)10-8(11-7)12-9/h1H,4,9H2,2H3,(H,10,11,12). The van der Waals surface area contributed by atoms with Crippen LogP contribution in [0.3, 0.4) is 0 Å². The van der Waals surface area contributed by atoms with Crippen LogP contribution in [-0.4, -0.2) is 21.5 Å². The molecule has 1 heterocycles. The Morgan fingerprint density at radius 1 is 1.69 bits per heavy atom. The first-order valence-electron chi connectivity index (χ1n) is 4.16. The highest BCUT2D eigenvalue weighted by Crippen LogP contribution is 2.28. The molecule has 1 rings (SSSR count). The molecule has 0 aliphatic heterocycles. The summed E-state index contributed by atoms with van der Waals surface area (Å²) in [6, 6.07) is 0. The molecule has 0 atom stereocenters. The maximum Gasteiger partial charge on any atom is 0.352 e. The zero-order valence-electron chi connectivity index (χ0n) is 8.43. The summed E-state index contributed by atoms with van der Waals surface area (Å²) in [5.74, 6) is 7.10. The van der Waals surface area contributed by atoms with E-state index in [2.05, 4.69) is 21.3 Å². The van der Waals surface area contributed by atoms with Gasteiger partial charge in [0.15, 0.2) is 6.61 Å². The molecule has 3 N–H and O–H groups in total. The number of nitrogens with zero attached hydrogens (tertiary/aromatic N) is 3. The van der Waals surface area contributed by atoms with Gasteiger partial charge in [-0.1, -0.05) is 5.92 Å². The van der Waals surface area contributed by atoms with Crippen LogP contribution >= 0.6 is 0 Å². The van der Waals surface area contributed by atoms with Crippen molar-refractivity contribution < 1.29 is 9.66 Å². The van der Waals surface area contributed by atoms with Crippen molar-refractivity contribution in [1.29, 1.82) is 0 Å². The van der Waals surface area contributed by atoms with E-state index in [-0.39, 0.29) is 29.8 Å². The highest BCUT2D eigenvalue weighted by Gasteiger charge is 2.23. The minimum Gasteiger partial charge on any atom is -0.459 e. The van der Waals surface area contributed by atoms with E-state index in [1.165, 1.54) is 6.92 Å². The van der Waals surface area contributed by atoms with Crippen LogP contribution in [0.4, 0.5) is 11.6 Å². The number of rotatable bonds is 4. The molecule has 0 aliphatic carbocycles. The molecule has 0 saturated heterocycles. The molecule has 8 nitrogen and oxygen atoms in total. The minimum absolute atomic E-state index is 0.0233. The number of aromatic nitrogens is 2. The third-order valence-corrected chi connectivity index (χ3v) is 1.63. The van der Waals surface area contributed by atoms with Crippen LogP contribution in [0.15, 0.2) is 0 Å². The molecule has 0 aromatic carbocycles. The normalized spacial score (nSPS) is 9.31. The Morgan fingerprint density at radius 2 is 2.38 bits per heavy atom. The van der Waals surface area contributed by atoms with Crippen LogP contribution in [0.25, 0.3) is 0 Å². The zero-order valence-corrected chi connectivity index (χ0v) is 8.43. The summed E-state index contributed by atoms with van der Waals surface area (Å²) < 4.78 is 4.95. The first-order valence-corrected chi connectivity index (χ1v) is 4.16. The number of ether oxygens (including phenoxy) is 1. The zero-order chi connectivity index (χ0) is 12.1. The fourth-order valence-corrected chi connectivity index (χ4v) is 1.03. The van der Waals surface area contributed by atoms with Gasteiger partial charge in [0.2, 0.25) is 5.95 Å². The molecule has 0 radical (unpaired) electrons. The number of aryl methyl sites for hydroxylation is 1. The van der Waals surface area contributed by atoms with Crippen molar-refractivity contribution in [3.8, 4) is 18.2 Å². The summed E-state index contributed by atoms with van der Waals surface area (Å²) in [6.07, 6.45) is 4.98. The second-order valence-corrected chi connectivity index (χ2v) is 2.68. The van der Waals surface area contributed by atoms with Gasteiger partial charge >= 0.3 is 11.6 Å². The third kappa shape index (κ3) is 2.34. The van der Waals surface area contributed by atoms with Crippen molar-refractivity contribution in [3.63, 3.8) is 0 Å². The Balaban J connectivity index is 3.24. The average molecular weight is 223 g/mol. The Hall–Kier alpha value is -2.40. The molecule has 0 unspecified atom stereocenters. The maximum absolute atomic E-state index is 10.7. The van der Waals surface area contributed by atoms with Gasteiger partial charge in [-0.2, -0.15) is 4.98 Å². The summed E-state index contributed by atoms with van der Waals surface area (Å²) >= 11 is 0. The summed E-state index contributed by atoms with van der Waals surface area (Å²) in [7, 11) is 0. The second kappa shape index (κ2) is 4.90. The molecule has 0 saturated carbocycles. The third-order valence-electron chi connectivity index (χ3n) is 1.63. The predicted molar refractivity (Wildman–Crippen MR) is 55.6 cm³/mol. The summed E-state index contributed by atoms with van der Waals surface area (Å²) in [4.78, 5) is 17.6. The van der Waals surface area contributed by atoms with E-state index in [4.69, 9.17) is 17.0 Å². The molecule has 8 heteroatoms. The predicted octanol–water partition coefficient (Wildman–Crippen LogP) is -0.00918. The topological polar surface area (TPSA) is 116 Å². The number of terminal acetylenes is 1. The fourth-order valence-electron chi connectivity index (χ4n) is 1.03. The van der Waals surface area contributed by atoms with E-state index in [1.807, 2.05) is 0 Å². The molecule has 0 spiro atoms. The number of hydrogen-bond donors (Lipinski definition) is 2. The molecule has 0 amide bonds. The summed E-state index contributed by atoms with van der Waals surface area (Å²) in [5, 5.41) is 10.7. The average Bonchev–Trinajstić information content (AvgIpc) is 2.24. The SMILES string of the molecule is C#CCOc1nc(NN)nc(C)c1[N+](=O)[O-]. The molecular weight excluding hydrogens is 214 g/mol. The van der Waals surface area contributed by atoms with Crippen molar-refractivity contribution in [2.75, 3.05) is 12.0 Å².